The number of nitrogens with zero attached hydrogens (tertiary/aromatic N) is 1. The average molecular weight is 267 g/mol. The zero-order valence-electron chi connectivity index (χ0n) is 10.8. The summed E-state index contributed by atoms with van der Waals surface area (Å²) in [5, 5.41) is 9.15. The molecule has 1 amide bonds. The minimum absolute atomic E-state index is 0.146. The Balaban J connectivity index is 2.55. The van der Waals surface area contributed by atoms with Crippen LogP contribution in [0.25, 0.3) is 5.70 Å². The first-order valence-electron chi connectivity index (χ1n) is 6.15. The molecule has 1 heterocycles. The molecule has 5 heteroatoms. The molecule has 1 aliphatic rings. The molecule has 19 heavy (non-hydrogen) atoms. The van der Waals surface area contributed by atoms with Crippen molar-refractivity contribution in [2.75, 3.05) is 6.54 Å². The van der Waals surface area contributed by atoms with Gasteiger partial charge in [-0.1, -0.05) is 13.0 Å². The third-order valence-corrected chi connectivity index (χ3v) is 3.24. The average Bonchev–Trinajstić information content (AvgIpc) is 2.32. The quantitative estimate of drug-likeness (QED) is 0.895. The van der Waals surface area contributed by atoms with E-state index in [0.717, 1.165) is 12.1 Å². The zero-order chi connectivity index (χ0) is 14.2. The van der Waals surface area contributed by atoms with Crippen molar-refractivity contribution in [2.45, 2.75) is 20.3 Å². The highest BCUT2D eigenvalue weighted by Gasteiger charge is 2.30. The molecule has 2 rings (SSSR count). The summed E-state index contributed by atoms with van der Waals surface area (Å²) >= 11 is 0. The Kier molecular flexibility index (Phi) is 3.55. The van der Waals surface area contributed by atoms with Crippen LogP contribution in [0.4, 0.5) is 8.78 Å². The summed E-state index contributed by atoms with van der Waals surface area (Å²) in [5.41, 5.74) is -0.0273. The lowest BCUT2D eigenvalue weighted by atomic mass is 9.96. The van der Waals surface area contributed by atoms with Gasteiger partial charge in [-0.2, -0.15) is 0 Å². The van der Waals surface area contributed by atoms with Gasteiger partial charge < -0.3 is 10.0 Å². The Labute approximate surface area is 110 Å². The summed E-state index contributed by atoms with van der Waals surface area (Å²) in [7, 11) is 0. The third-order valence-electron chi connectivity index (χ3n) is 3.24. The van der Waals surface area contributed by atoms with Gasteiger partial charge in [0.2, 0.25) is 5.91 Å². The number of benzene rings is 1. The van der Waals surface area contributed by atoms with Crippen molar-refractivity contribution < 1.29 is 18.7 Å². The van der Waals surface area contributed by atoms with E-state index in [0.29, 0.717) is 13.0 Å². The van der Waals surface area contributed by atoms with E-state index < -0.39 is 17.4 Å². The van der Waals surface area contributed by atoms with E-state index >= 15 is 0 Å². The number of allylic oxidation sites excluding steroid dienone is 1. The SMILES string of the molecule is CCN1C(=O)C(C)CC=C1c1c(F)cc(O)cc1F. The van der Waals surface area contributed by atoms with Gasteiger partial charge in [0.15, 0.2) is 0 Å². The highest BCUT2D eigenvalue weighted by atomic mass is 19.1. The Morgan fingerprint density at radius 2 is 1.95 bits per heavy atom. The smallest absolute Gasteiger partial charge is 0.230 e. The van der Waals surface area contributed by atoms with Crippen molar-refractivity contribution in [3.63, 3.8) is 0 Å². The fourth-order valence-corrected chi connectivity index (χ4v) is 2.25. The second-order valence-electron chi connectivity index (χ2n) is 4.59. The summed E-state index contributed by atoms with van der Waals surface area (Å²) in [6, 6.07) is 1.69. The van der Waals surface area contributed by atoms with Gasteiger partial charge in [0.05, 0.1) is 11.3 Å². The molecule has 0 saturated heterocycles. The molecule has 1 N–H and O–H groups in total. The molecule has 0 fully saturated rings. The lowest BCUT2D eigenvalue weighted by Gasteiger charge is -2.31. The highest BCUT2D eigenvalue weighted by molar-refractivity contribution is 5.90. The van der Waals surface area contributed by atoms with Gasteiger partial charge in [0.1, 0.15) is 17.4 Å². The maximum absolute atomic E-state index is 13.9. The Morgan fingerprint density at radius 1 is 1.37 bits per heavy atom. The highest BCUT2D eigenvalue weighted by Crippen LogP contribution is 2.32. The van der Waals surface area contributed by atoms with E-state index in [-0.39, 0.29) is 23.1 Å². The van der Waals surface area contributed by atoms with E-state index in [1.54, 1.807) is 19.9 Å². The number of phenols is 1. The molecule has 0 bridgehead atoms. The minimum Gasteiger partial charge on any atom is -0.508 e. The van der Waals surface area contributed by atoms with Gasteiger partial charge >= 0.3 is 0 Å². The summed E-state index contributed by atoms with van der Waals surface area (Å²) in [6.45, 7) is 3.87. The van der Waals surface area contributed by atoms with Gasteiger partial charge in [-0.15, -0.1) is 0 Å². The van der Waals surface area contributed by atoms with Crippen molar-refractivity contribution in [1.29, 1.82) is 0 Å². The molecule has 1 aliphatic heterocycles. The monoisotopic (exact) mass is 267 g/mol. The van der Waals surface area contributed by atoms with E-state index in [1.807, 2.05) is 0 Å². The van der Waals surface area contributed by atoms with Crippen molar-refractivity contribution >= 4 is 11.6 Å². The molecule has 0 saturated carbocycles. The van der Waals surface area contributed by atoms with Crippen molar-refractivity contribution in [3.05, 3.63) is 35.4 Å². The fourth-order valence-electron chi connectivity index (χ4n) is 2.25. The molecule has 0 aliphatic carbocycles. The minimum atomic E-state index is -0.871. The Bertz CT molecular complexity index is 531. The number of aromatic hydroxyl groups is 1. The number of carbonyl (C=O) groups is 1. The largest absolute Gasteiger partial charge is 0.508 e. The Hall–Kier alpha value is -1.91. The van der Waals surface area contributed by atoms with Gasteiger partial charge in [-0.25, -0.2) is 8.78 Å². The molecule has 0 spiro atoms. The molecule has 0 aromatic heterocycles. The number of amides is 1. The summed E-state index contributed by atoms with van der Waals surface area (Å²) in [6.07, 6.45) is 2.11. The van der Waals surface area contributed by atoms with Crippen LogP contribution in [-0.2, 0) is 4.79 Å². The maximum Gasteiger partial charge on any atom is 0.230 e. The topological polar surface area (TPSA) is 40.5 Å². The first kappa shape index (κ1) is 13.5. The number of hydrogen-bond donors (Lipinski definition) is 1. The van der Waals surface area contributed by atoms with Crippen molar-refractivity contribution in [2.24, 2.45) is 5.92 Å². The third kappa shape index (κ3) is 2.32. The molecule has 0 radical (unpaired) electrons. The molecule has 1 unspecified atom stereocenters. The number of rotatable bonds is 2. The first-order valence-corrected chi connectivity index (χ1v) is 6.15. The fraction of sp³-hybridized carbons (Fsp3) is 0.357. The zero-order valence-corrected chi connectivity index (χ0v) is 10.8. The van der Waals surface area contributed by atoms with Crippen LogP contribution >= 0.6 is 0 Å². The van der Waals surface area contributed by atoms with Crippen molar-refractivity contribution in [3.8, 4) is 5.75 Å². The second-order valence-corrected chi connectivity index (χ2v) is 4.59. The van der Waals surface area contributed by atoms with E-state index in [2.05, 4.69) is 0 Å². The molecular formula is C14H15F2NO2. The second kappa shape index (κ2) is 4.99. The van der Waals surface area contributed by atoms with Gasteiger partial charge in [0.25, 0.3) is 0 Å². The predicted molar refractivity (Wildman–Crippen MR) is 67.2 cm³/mol. The van der Waals surface area contributed by atoms with E-state index in [1.165, 1.54) is 4.90 Å². The number of hydrogen-bond acceptors (Lipinski definition) is 2. The Morgan fingerprint density at radius 3 is 2.47 bits per heavy atom. The maximum atomic E-state index is 13.9. The van der Waals surface area contributed by atoms with Gasteiger partial charge in [-0.3, -0.25) is 4.79 Å². The van der Waals surface area contributed by atoms with Crippen LogP contribution in [0.2, 0.25) is 0 Å². The molecule has 1 atom stereocenters. The predicted octanol–water partition coefficient (Wildman–Crippen LogP) is 2.90. The molecule has 1 aromatic rings. The summed E-state index contributed by atoms with van der Waals surface area (Å²) in [4.78, 5) is 13.4. The van der Waals surface area contributed by atoms with Crippen molar-refractivity contribution in [1.82, 2.24) is 4.90 Å². The molecule has 102 valence electrons. The van der Waals surface area contributed by atoms with Crippen LogP contribution in [0.1, 0.15) is 25.8 Å². The lowest BCUT2D eigenvalue weighted by molar-refractivity contribution is -0.131. The first-order chi connectivity index (χ1) is 8.95. The molecule has 1 aromatic carbocycles. The van der Waals surface area contributed by atoms with Crippen LogP contribution in [0.15, 0.2) is 18.2 Å². The molecular weight excluding hydrogens is 252 g/mol. The van der Waals surface area contributed by atoms with Crippen LogP contribution in [0, 0.1) is 17.6 Å². The van der Waals surface area contributed by atoms with Gasteiger partial charge in [-0.05, 0) is 13.3 Å². The van der Waals surface area contributed by atoms with Crippen LogP contribution in [0.5, 0.6) is 5.75 Å². The van der Waals surface area contributed by atoms with E-state index in [4.69, 9.17) is 5.11 Å². The van der Waals surface area contributed by atoms with Crippen LogP contribution in [-0.4, -0.2) is 22.5 Å². The normalized spacial score (nSPS) is 19.6. The number of halogens is 2. The lowest BCUT2D eigenvalue weighted by Crippen LogP contribution is -2.37. The van der Waals surface area contributed by atoms with Crippen LogP contribution < -0.4 is 0 Å². The number of phenolic OH excluding ortho intramolecular Hbond substituents is 1. The number of carbonyl (C=O) groups excluding carboxylic acids is 1. The van der Waals surface area contributed by atoms with E-state index in [9.17, 15) is 13.6 Å². The van der Waals surface area contributed by atoms with Gasteiger partial charge in [0, 0.05) is 24.6 Å². The standard InChI is InChI=1S/C14H15F2NO2/c1-3-17-12(5-4-8(2)14(17)19)13-10(15)6-9(18)7-11(13)16/h5-8,18H,3-4H2,1-2H3. The summed E-state index contributed by atoms with van der Waals surface area (Å²) < 4.78 is 27.7. The summed E-state index contributed by atoms with van der Waals surface area (Å²) in [5.74, 6) is -2.55. The van der Waals surface area contributed by atoms with Crippen LogP contribution in [0.3, 0.4) is 0 Å². The molecule has 3 nitrogen and oxygen atoms in total.